The van der Waals surface area contributed by atoms with E-state index in [-0.39, 0.29) is 23.8 Å². The Kier molecular flexibility index (Phi) is 6.93. The first-order valence-corrected chi connectivity index (χ1v) is 12.2. The molecule has 0 aliphatic carbocycles. The number of aromatic nitrogens is 2. The van der Waals surface area contributed by atoms with Gasteiger partial charge in [0.25, 0.3) is 0 Å². The number of nitrogens with one attached hydrogen (secondary N) is 1. The summed E-state index contributed by atoms with van der Waals surface area (Å²) in [6, 6.07) is 18.2. The minimum absolute atomic E-state index is 0.0135. The van der Waals surface area contributed by atoms with Crippen molar-refractivity contribution in [1.82, 2.24) is 9.55 Å². The van der Waals surface area contributed by atoms with Crippen LogP contribution in [0.2, 0.25) is 0 Å². The summed E-state index contributed by atoms with van der Waals surface area (Å²) in [5, 5.41) is 3.19. The fourth-order valence-electron chi connectivity index (χ4n) is 3.75. The number of benzene rings is 2. The number of rotatable bonds is 7. The Morgan fingerprint density at radius 1 is 1.06 bits per heavy atom. The van der Waals surface area contributed by atoms with Gasteiger partial charge >= 0.3 is 0 Å². The fourth-order valence-corrected chi connectivity index (χ4v) is 4.20. The van der Waals surface area contributed by atoms with Gasteiger partial charge in [0.2, 0.25) is 11.3 Å². The van der Waals surface area contributed by atoms with E-state index in [2.05, 4.69) is 10.3 Å². The summed E-state index contributed by atoms with van der Waals surface area (Å²) in [4.78, 5) is 44.8. The lowest BCUT2D eigenvalue weighted by molar-refractivity contribution is -0.116. The molecule has 4 rings (SSSR count). The Morgan fingerprint density at radius 3 is 2.53 bits per heavy atom. The normalized spacial score (nSPS) is 10.9. The van der Waals surface area contributed by atoms with E-state index in [1.165, 1.54) is 6.20 Å². The summed E-state index contributed by atoms with van der Waals surface area (Å²) < 4.78 is 1.57. The van der Waals surface area contributed by atoms with Crippen LogP contribution in [-0.2, 0) is 17.8 Å². The fraction of sp³-hybridized carbons (Fsp3) is 0.185. The molecule has 6 nitrogen and oxygen atoms in total. The molecule has 0 atom stereocenters. The van der Waals surface area contributed by atoms with Gasteiger partial charge in [0, 0.05) is 28.0 Å². The van der Waals surface area contributed by atoms with Gasteiger partial charge in [-0.25, -0.2) is 4.98 Å². The Balaban J connectivity index is 1.73. The van der Waals surface area contributed by atoms with Gasteiger partial charge in [-0.3, -0.25) is 14.4 Å². The van der Waals surface area contributed by atoms with Crippen LogP contribution >= 0.6 is 11.8 Å². The van der Waals surface area contributed by atoms with Gasteiger partial charge in [-0.15, -0.1) is 11.8 Å². The number of pyridine rings is 2. The van der Waals surface area contributed by atoms with E-state index >= 15 is 0 Å². The highest BCUT2D eigenvalue weighted by Gasteiger charge is 2.19. The highest BCUT2D eigenvalue weighted by atomic mass is 32.2. The maximum atomic E-state index is 13.2. The molecule has 0 fully saturated rings. The molecular weight excluding hydrogens is 446 g/mol. The number of aryl methyl sites for hydroxylation is 2. The van der Waals surface area contributed by atoms with Crippen LogP contribution in [-0.4, -0.2) is 27.5 Å². The van der Waals surface area contributed by atoms with Crippen molar-refractivity contribution in [3.8, 4) is 0 Å². The Labute approximate surface area is 202 Å². The lowest BCUT2D eigenvalue weighted by Crippen LogP contribution is -2.25. The first-order valence-electron chi connectivity index (χ1n) is 11.0. The molecule has 172 valence electrons. The molecule has 1 amide bonds. The van der Waals surface area contributed by atoms with Crippen molar-refractivity contribution < 1.29 is 9.59 Å². The van der Waals surface area contributed by atoms with Crippen LogP contribution in [0.25, 0.3) is 11.0 Å². The molecule has 0 unspecified atom stereocenters. The lowest BCUT2D eigenvalue weighted by Gasteiger charge is -2.13. The molecule has 2 aromatic heterocycles. The lowest BCUT2D eigenvalue weighted by atomic mass is 10.0. The molecule has 4 aromatic rings. The van der Waals surface area contributed by atoms with Gasteiger partial charge in [-0.05, 0) is 55.5 Å². The zero-order chi connectivity index (χ0) is 24.2. The third-order valence-electron chi connectivity index (χ3n) is 5.60. The van der Waals surface area contributed by atoms with Gasteiger partial charge in [0.15, 0.2) is 5.78 Å². The number of carbonyl (C=O) groups is 2. The molecule has 0 spiro atoms. The van der Waals surface area contributed by atoms with Crippen LogP contribution in [0.15, 0.2) is 76.6 Å². The van der Waals surface area contributed by atoms with Gasteiger partial charge in [-0.2, -0.15) is 0 Å². The molecule has 0 bridgehead atoms. The average Bonchev–Trinajstić information content (AvgIpc) is 2.85. The molecule has 7 heteroatoms. The van der Waals surface area contributed by atoms with E-state index in [4.69, 9.17) is 0 Å². The molecule has 2 heterocycles. The minimum Gasteiger partial charge on any atom is -0.324 e. The van der Waals surface area contributed by atoms with Crippen molar-refractivity contribution in [2.24, 2.45) is 0 Å². The predicted octanol–water partition coefficient (Wildman–Crippen LogP) is 4.86. The van der Waals surface area contributed by atoms with Crippen molar-refractivity contribution in [1.29, 1.82) is 0 Å². The molecule has 0 saturated carbocycles. The maximum absolute atomic E-state index is 13.2. The number of anilines is 1. The summed E-state index contributed by atoms with van der Waals surface area (Å²) >= 11 is 1.59. The van der Waals surface area contributed by atoms with Crippen LogP contribution in [0.3, 0.4) is 0 Å². The molecule has 1 N–H and O–H groups in total. The number of amides is 1. The van der Waals surface area contributed by atoms with Crippen molar-refractivity contribution in [2.75, 3.05) is 11.6 Å². The molecular formula is C27H25N3O3S. The van der Waals surface area contributed by atoms with E-state index in [0.29, 0.717) is 28.0 Å². The number of ketones is 1. The van der Waals surface area contributed by atoms with Gasteiger partial charge in [0.1, 0.15) is 12.2 Å². The molecule has 0 saturated heterocycles. The van der Waals surface area contributed by atoms with Crippen LogP contribution < -0.4 is 10.7 Å². The summed E-state index contributed by atoms with van der Waals surface area (Å²) in [6.07, 6.45) is 4.28. The quantitative estimate of drug-likeness (QED) is 0.308. The SMILES string of the molecule is CCc1ccc(C(=O)c2cn(CC(=O)Nc3cccc(SC)c3)c3nc(C)ccc3c2=O)cc1. The van der Waals surface area contributed by atoms with Crippen LogP contribution in [0.4, 0.5) is 5.69 Å². The third kappa shape index (κ3) is 4.94. The monoisotopic (exact) mass is 471 g/mol. The molecule has 34 heavy (non-hydrogen) atoms. The molecule has 2 aromatic carbocycles. The van der Waals surface area contributed by atoms with E-state index in [1.807, 2.05) is 56.5 Å². The minimum atomic E-state index is -0.392. The summed E-state index contributed by atoms with van der Waals surface area (Å²) in [5.41, 5.74) is 2.92. The largest absolute Gasteiger partial charge is 0.324 e. The second kappa shape index (κ2) is 10.1. The predicted molar refractivity (Wildman–Crippen MR) is 137 cm³/mol. The number of thioether (sulfide) groups is 1. The van der Waals surface area contributed by atoms with Gasteiger partial charge in [-0.1, -0.05) is 37.3 Å². The second-order valence-corrected chi connectivity index (χ2v) is 8.86. The maximum Gasteiger partial charge on any atom is 0.244 e. The number of hydrogen-bond acceptors (Lipinski definition) is 5. The smallest absolute Gasteiger partial charge is 0.244 e. The number of hydrogen-bond donors (Lipinski definition) is 1. The highest BCUT2D eigenvalue weighted by Crippen LogP contribution is 2.19. The van der Waals surface area contributed by atoms with Gasteiger partial charge in [0.05, 0.1) is 10.9 Å². The molecule has 0 radical (unpaired) electrons. The Morgan fingerprint density at radius 2 is 1.82 bits per heavy atom. The van der Waals surface area contributed by atoms with E-state index in [0.717, 1.165) is 16.9 Å². The average molecular weight is 472 g/mol. The van der Waals surface area contributed by atoms with Crippen LogP contribution in [0, 0.1) is 6.92 Å². The second-order valence-electron chi connectivity index (χ2n) is 7.98. The zero-order valence-corrected chi connectivity index (χ0v) is 20.1. The first-order chi connectivity index (χ1) is 16.4. The summed E-state index contributed by atoms with van der Waals surface area (Å²) in [5.74, 6) is -0.658. The number of nitrogens with zero attached hydrogens (tertiary/aromatic N) is 2. The Hall–Kier alpha value is -3.71. The summed E-state index contributed by atoms with van der Waals surface area (Å²) in [7, 11) is 0. The van der Waals surface area contributed by atoms with E-state index in [9.17, 15) is 14.4 Å². The number of fused-ring (bicyclic) bond motifs is 1. The van der Waals surface area contributed by atoms with E-state index < -0.39 is 5.43 Å². The zero-order valence-electron chi connectivity index (χ0n) is 19.3. The van der Waals surface area contributed by atoms with E-state index in [1.54, 1.807) is 40.6 Å². The first kappa shape index (κ1) is 23.4. The van der Waals surface area contributed by atoms with Crippen molar-refractivity contribution in [3.63, 3.8) is 0 Å². The summed E-state index contributed by atoms with van der Waals surface area (Å²) in [6.45, 7) is 3.76. The number of carbonyl (C=O) groups excluding carboxylic acids is 2. The topological polar surface area (TPSA) is 81.1 Å². The Bertz CT molecular complexity index is 1440. The molecule has 0 aliphatic heterocycles. The molecule has 0 aliphatic rings. The third-order valence-corrected chi connectivity index (χ3v) is 6.32. The standard InChI is InChI=1S/C27H25N3O3S/c1-4-18-9-11-19(12-10-18)25(32)23-15-30(27-22(26(23)33)13-8-17(2)28-27)16-24(31)29-20-6-5-7-21(14-20)34-3/h5-15H,4,16H2,1-3H3,(H,29,31). The van der Waals surface area contributed by atoms with Crippen molar-refractivity contribution in [2.45, 2.75) is 31.7 Å². The van der Waals surface area contributed by atoms with Crippen LogP contribution in [0.5, 0.6) is 0 Å². The van der Waals surface area contributed by atoms with Gasteiger partial charge < -0.3 is 9.88 Å². The highest BCUT2D eigenvalue weighted by molar-refractivity contribution is 7.98. The van der Waals surface area contributed by atoms with Crippen molar-refractivity contribution in [3.05, 3.63) is 99.5 Å². The van der Waals surface area contributed by atoms with Crippen molar-refractivity contribution >= 4 is 40.2 Å². The van der Waals surface area contributed by atoms with Crippen LogP contribution in [0.1, 0.15) is 34.1 Å².